The van der Waals surface area contributed by atoms with E-state index in [4.69, 9.17) is 5.73 Å². The van der Waals surface area contributed by atoms with Gasteiger partial charge in [0.2, 0.25) is 5.82 Å². The predicted molar refractivity (Wildman–Crippen MR) is 55.1 cm³/mol. The number of hydrogen-bond acceptors (Lipinski definition) is 5. The second-order valence-corrected chi connectivity index (χ2v) is 3.84. The Morgan fingerprint density at radius 3 is 2.56 bits per heavy atom. The molecule has 0 saturated carbocycles. The van der Waals surface area contributed by atoms with Crippen LogP contribution >= 0.6 is 0 Å². The van der Waals surface area contributed by atoms with Gasteiger partial charge in [0.1, 0.15) is 5.69 Å². The highest BCUT2D eigenvalue weighted by atomic mass is 19.4. The molecule has 2 N–H and O–H groups in total. The largest absolute Gasteiger partial charge is 0.415 e. The summed E-state index contributed by atoms with van der Waals surface area (Å²) in [6, 6.07) is 4.87. The molecule has 0 bridgehead atoms. The average molecular weight is 258 g/mol. The summed E-state index contributed by atoms with van der Waals surface area (Å²) < 4.78 is 42.6. The minimum atomic E-state index is -4.68. The van der Waals surface area contributed by atoms with Crippen LogP contribution in [0.4, 0.5) is 13.2 Å². The smallest absolute Gasteiger partial charge is 0.336 e. The number of hydrogen-bond donors (Lipinski definition) is 1. The van der Waals surface area contributed by atoms with Crippen molar-refractivity contribution in [3.63, 3.8) is 0 Å². The highest BCUT2D eigenvalue weighted by Gasteiger charge is 2.53. The van der Waals surface area contributed by atoms with Crippen LogP contribution < -0.4 is 5.73 Å². The standard InChI is InChI=1S/C10H9F3N4O/c1-9(14,10(11,12)13)8-16-7(17-18-8)6-4-2-3-5-15-6/h2-5H,14H2,1H3. The zero-order valence-electron chi connectivity index (χ0n) is 9.27. The molecule has 0 radical (unpaired) electrons. The lowest BCUT2D eigenvalue weighted by atomic mass is 10.0. The minimum absolute atomic E-state index is 0.0356. The predicted octanol–water partition coefficient (Wildman–Crippen LogP) is 1.87. The van der Waals surface area contributed by atoms with E-state index in [9.17, 15) is 13.2 Å². The first-order valence-electron chi connectivity index (χ1n) is 4.93. The van der Waals surface area contributed by atoms with Gasteiger partial charge in [-0.05, 0) is 19.1 Å². The van der Waals surface area contributed by atoms with E-state index < -0.39 is 17.6 Å². The molecule has 18 heavy (non-hydrogen) atoms. The van der Waals surface area contributed by atoms with Crippen LogP contribution in [0.1, 0.15) is 12.8 Å². The first-order valence-corrected chi connectivity index (χ1v) is 4.93. The molecule has 2 aromatic rings. The van der Waals surface area contributed by atoms with Crippen molar-refractivity contribution in [3.05, 3.63) is 30.3 Å². The summed E-state index contributed by atoms with van der Waals surface area (Å²) in [4.78, 5) is 7.53. The fourth-order valence-corrected chi connectivity index (χ4v) is 1.15. The van der Waals surface area contributed by atoms with Gasteiger partial charge in [-0.25, -0.2) is 0 Å². The molecule has 2 heterocycles. The van der Waals surface area contributed by atoms with Gasteiger partial charge in [-0.3, -0.25) is 4.98 Å². The highest BCUT2D eigenvalue weighted by molar-refractivity contribution is 5.47. The van der Waals surface area contributed by atoms with Crippen molar-refractivity contribution >= 4 is 0 Å². The topological polar surface area (TPSA) is 77.8 Å². The summed E-state index contributed by atoms with van der Waals surface area (Å²) in [6.45, 7) is 0.767. The number of halogens is 3. The molecule has 2 rings (SSSR count). The molecule has 5 nitrogen and oxygen atoms in total. The molecule has 0 aliphatic heterocycles. The SMILES string of the molecule is CC(N)(c1nc(-c2ccccn2)no1)C(F)(F)F. The van der Waals surface area contributed by atoms with Crippen molar-refractivity contribution in [2.45, 2.75) is 18.6 Å². The molecular weight excluding hydrogens is 249 g/mol. The molecule has 0 saturated heterocycles. The van der Waals surface area contributed by atoms with Gasteiger partial charge < -0.3 is 10.3 Å². The van der Waals surface area contributed by atoms with Crippen molar-refractivity contribution in [1.29, 1.82) is 0 Å². The maximum atomic E-state index is 12.7. The van der Waals surface area contributed by atoms with Crippen molar-refractivity contribution in [2.24, 2.45) is 5.73 Å². The van der Waals surface area contributed by atoms with Crippen LogP contribution in [0.25, 0.3) is 11.5 Å². The molecule has 0 aromatic carbocycles. The van der Waals surface area contributed by atoms with E-state index in [1.165, 1.54) is 6.20 Å². The fourth-order valence-electron chi connectivity index (χ4n) is 1.15. The number of nitrogens with zero attached hydrogens (tertiary/aromatic N) is 3. The molecule has 0 amide bonds. The molecule has 0 aliphatic rings. The number of alkyl halides is 3. The monoisotopic (exact) mass is 258 g/mol. The Hall–Kier alpha value is -1.96. The molecule has 2 aromatic heterocycles. The Labute approximate surface area is 99.8 Å². The minimum Gasteiger partial charge on any atom is -0.336 e. The highest BCUT2D eigenvalue weighted by Crippen LogP contribution is 2.35. The average Bonchev–Trinajstić information content (AvgIpc) is 2.78. The second kappa shape index (κ2) is 4.05. The van der Waals surface area contributed by atoms with E-state index in [0.29, 0.717) is 5.69 Å². The third-order valence-electron chi connectivity index (χ3n) is 2.35. The van der Waals surface area contributed by atoms with Crippen molar-refractivity contribution < 1.29 is 17.7 Å². The molecule has 0 aliphatic carbocycles. The molecular formula is C10H9F3N4O. The van der Waals surface area contributed by atoms with Gasteiger partial charge in [-0.2, -0.15) is 18.2 Å². The van der Waals surface area contributed by atoms with Crippen LogP contribution in [0.15, 0.2) is 28.9 Å². The van der Waals surface area contributed by atoms with Crippen LogP contribution in [-0.2, 0) is 5.54 Å². The van der Waals surface area contributed by atoms with Crippen LogP contribution in [0.3, 0.4) is 0 Å². The van der Waals surface area contributed by atoms with E-state index in [-0.39, 0.29) is 5.82 Å². The fraction of sp³-hybridized carbons (Fsp3) is 0.300. The van der Waals surface area contributed by atoms with Gasteiger partial charge in [-0.15, -0.1) is 0 Å². The first-order chi connectivity index (χ1) is 8.32. The zero-order valence-corrected chi connectivity index (χ0v) is 9.27. The van der Waals surface area contributed by atoms with Crippen LogP contribution in [-0.4, -0.2) is 21.3 Å². The molecule has 0 fully saturated rings. The third-order valence-corrected chi connectivity index (χ3v) is 2.35. The summed E-state index contributed by atoms with van der Waals surface area (Å²) in [5.41, 5.74) is 2.79. The van der Waals surface area contributed by atoms with Crippen molar-refractivity contribution in [2.75, 3.05) is 0 Å². The maximum absolute atomic E-state index is 12.7. The lowest BCUT2D eigenvalue weighted by Crippen LogP contribution is -2.47. The van der Waals surface area contributed by atoms with E-state index in [2.05, 4.69) is 19.6 Å². The lowest BCUT2D eigenvalue weighted by Gasteiger charge is -2.22. The summed E-state index contributed by atoms with van der Waals surface area (Å²) in [6.07, 6.45) is -3.21. The Kier molecular flexibility index (Phi) is 2.81. The number of nitrogens with two attached hydrogens (primary N) is 1. The number of rotatable bonds is 2. The van der Waals surface area contributed by atoms with Crippen molar-refractivity contribution in [1.82, 2.24) is 15.1 Å². The number of aromatic nitrogens is 3. The Morgan fingerprint density at radius 2 is 2.00 bits per heavy atom. The van der Waals surface area contributed by atoms with Gasteiger partial charge in [0.05, 0.1) is 0 Å². The van der Waals surface area contributed by atoms with Gasteiger partial charge >= 0.3 is 6.18 Å². The first kappa shape index (κ1) is 12.5. The molecule has 8 heteroatoms. The van der Waals surface area contributed by atoms with Crippen LogP contribution in [0, 0.1) is 0 Å². The molecule has 1 unspecified atom stereocenters. The normalized spacial score (nSPS) is 15.4. The quantitative estimate of drug-likeness (QED) is 0.889. The van der Waals surface area contributed by atoms with E-state index in [1.54, 1.807) is 18.2 Å². The summed E-state index contributed by atoms with van der Waals surface area (Å²) in [5, 5.41) is 3.44. The van der Waals surface area contributed by atoms with Crippen LogP contribution in [0.5, 0.6) is 0 Å². The van der Waals surface area contributed by atoms with E-state index >= 15 is 0 Å². The maximum Gasteiger partial charge on any atom is 0.415 e. The van der Waals surface area contributed by atoms with E-state index in [1.807, 2.05) is 0 Å². The Balaban J connectivity index is 2.38. The lowest BCUT2D eigenvalue weighted by molar-refractivity contribution is -0.190. The second-order valence-electron chi connectivity index (χ2n) is 3.84. The van der Waals surface area contributed by atoms with Gasteiger partial charge in [0.15, 0.2) is 5.54 Å². The Bertz CT molecular complexity index is 536. The van der Waals surface area contributed by atoms with E-state index in [0.717, 1.165) is 6.92 Å². The number of pyridine rings is 1. The molecule has 1 atom stereocenters. The van der Waals surface area contributed by atoms with Gasteiger partial charge in [0, 0.05) is 6.20 Å². The molecule has 0 spiro atoms. The molecule has 96 valence electrons. The summed E-state index contributed by atoms with van der Waals surface area (Å²) >= 11 is 0. The zero-order chi connectivity index (χ0) is 13.4. The van der Waals surface area contributed by atoms with Crippen molar-refractivity contribution in [3.8, 4) is 11.5 Å². The summed E-state index contributed by atoms with van der Waals surface area (Å²) in [7, 11) is 0. The third kappa shape index (κ3) is 2.06. The van der Waals surface area contributed by atoms with Gasteiger partial charge in [0.25, 0.3) is 5.89 Å². The summed E-state index contributed by atoms with van der Waals surface area (Å²) in [5.74, 6) is -0.734. The van der Waals surface area contributed by atoms with Crippen LogP contribution in [0.2, 0.25) is 0 Å². The van der Waals surface area contributed by atoms with Gasteiger partial charge in [-0.1, -0.05) is 11.2 Å². The Morgan fingerprint density at radius 1 is 1.28 bits per heavy atom.